The van der Waals surface area contributed by atoms with Crippen LogP contribution in [0.1, 0.15) is 5.56 Å². The quantitative estimate of drug-likeness (QED) is 0.784. The van der Waals surface area contributed by atoms with E-state index in [1.807, 2.05) is 19.2 Å². The Kier molecular flexibility index (Phi) is 3.61. The van der Waals surface area contributed by atoms with Crippen LogP contribution in [-0.4, -0.2) is 9.78 Å². The predicted molar refractivity (Wildman–Crippen MR) is 65.0 cm³/mol. The third-order valence-corrected chi connectivity index (χ3v) is 2.18. The zero-order valence-corrected chi connectivity index (χ0v) is 9.72. The molecule has 0 saturated carbocycles. The van der Waals surface area contributed by atoms with E-state index in [1.165, 1.54) is 0 Å². The number of hydrogen-bond acceptors (Lipinski definition) is 2. The van der Waals surface area contributed by atoms with E-state index in [0.717, 1.165) is 11.3 Å². The number of aromatic nitrogens is 2. The van der Waals surface area contributed by atoms with Crippen molar-refractivity contribution in [3.8, 4) is 5.69 Å². The van der Waals surface area contributed by atoms with Crippen LogP contribution in [0.3, 0.4) is 0 Å². The van der Waals surface area contributed by atoms with Gasteiger partial charge in [-0.05, 0) is 30.7 Å². The molecule has 15 heavy (non-hydrogen) atoms. The molecule has 0 spiro atoms. The van der Waals surface area contributed by atoms with Gasteiger partial charge in [-0.2, -0.15) is 5.10 Å². The van der Waals surface area contributed by atoms with Crippen LogP contribution < -0.4 is 5.73 Å². The van der Waals surface area contributed by atoms with Crippen LogP contribution in [0.25, 0.3) is 5.69 Å². The molecule has 0 fully saturated rings. The van der Waals surface area contributed by atoms with Gasteiger partial charge in [0, 0.05) is 11.2 Å². The first-order valence-electron chi connectivity index (χ1n) is 4.23. The maximum Gasteiger partial charge on any atom is 0.0875 e. The van der Waals surface area contributed by atoms with Crippen molar-refractivity contribution in [2.75, 3.05) is 5.73 Å². The Bertz CT molecular complexity index is 465. The van der Waals surface area contributed by atoms with Crippen molar-refractivity contribution in [1.29, 1.82) is 0 Å². The van der Waals surface area contributed by atoms with Gasteiger partial charge in [0.25, 0.3) is 0 Å². The molecule has 1 heterocycles. The van der Waals surface area contributed by atoms with Gasteiger partial charge in [-0.1, -0.05) is 11.6 Å². The SMILES string of the molecule is Cc1cnn(-c2ccc(Cl)cc2N)c1.Cl. The number of nitrogens with two attached hydrogens (primary N) is 1. The lowest BCUT2D eigenvalue weighted by Crippen LogP contribution is -1.99. The number of anilines is 1. The maximum atomic E-state index is 5.82. The number of hydrogen-bond donors (Lipinski definition) is 1. The van der Waals surface area contributed by atoms with Crippen LogP contribution >= 0.6 is 24.0 Å². The summed E-state index contributed by atoms with van der Waals surface area (Å²) < 4.78 is 1.74. The highest BCUT2D eigenvalue weighted by Crippen LogP contribution is 2.21. The minimum atomic E-state index is 0. The molecule has 0 saturated heterocycles. The average Bonchev–Trinajstić information content (AvgIpc) is 2.51. The Hall–Kier alpha value is -1.19. The molecule has 0 aliphatic carbocycles. The number of nitrogen functional groups attached to an aromatic ring is 1. The molecule has 1 aromatic heterocycles. The molecule has 2 rings (SSSR count). The number of rotatable bonds is 1. The van der Waals surface area contributed by atoms with Gasteiger partial charge in [0.05, 0.1) is 17.6 Å². The van der Waals surface area contributed by atoms with E-state index in [2.05, 4.69) is 5.10 Å². The van der Waals surface area contributed by atoms with E-state index in [-0.39, 0.29) is 12.4 Å². The van der Waals surface area contributed by atoms with E-state index < -0.39 is 0 Å². The molecular formula is C10H11Cl2N3. The van der Waals surface area contributed by atoms with Crippen LogP contribution in [0.15, 0.2) is 30.6 Å². The minimum absolute atomic E-state index is 0. The lowest BCUT2D eigenvalue weighted by Gasteiger charge is -2.05. The number of benzene rings is 1. The van der Waals surface area contributed by atoms with Crippen molar-refractivity contribution in [2.24, 2.45) is 0 Å². The van der Waals surface area contributed by atoms with Gasteiger partial charge in [0.15, 0.2) is 0 Å². The van der Waals surface area contributed by atoms with E-state index in [9.17, 15) is 0 Å². The molecule has 80 valence electrons. The Balaban J connectivity index is 0.00000112. The first-order chi connectivity index (χ1) is 6.66. The summed E-state index contributed by atoms with van der Waals surface area (Å²) in [5.41, 5.74) is 8.39. The monoisotopic (exact) mass is 243 g/mol. The molecule has 5 heteroatoms. The highest BCUT2D eigenvalue weighted by Gasteiger charge is 2.02. The van der Waals surface area contributed by atoms with Crippen LogP contribution in [-0.2, 0) is 0 Å². The second-order valence-electron chi connectivity index (χ2n) is 3.17. The van der Waals surface area contributed by atoms with Gasteiger partial charge in [-0.25, -0.2) is 4.68 Å². The highest BCUT2D eigenvalue weighted by molar-refractivity contribution is 6.30. The summed E-state index contributed by atoms with van der Waals surface area (Å²) in [7, 11) is 0. The van der Waals surface area contributed by atoms with Crippen molar-refractivity contribution in [1.82, 2.24) is 9.78 Å². The van der Waals surface area contributed by atoms with Crippen LogP contribution in [0.4, 0.5) is 5.69 Å². The maximum absolute atomic E-state index is 5.82. The van der Waals surface area contributed by atoms with E-state index in [0.29, 0.717) is 10.7 Å². The van der Waals surface area contributed by atoms with Gasteiger partial charge < -0.3 is 5.73 Å². The zero-order chi connectivity index (χ0) is 10.1. The van der Waals surface area contributed by atoms with E-state index in [1.54, 1.807) is 23.0 Å². The minimum Gasteiger partial charge on any atom is -0.397 e. The summed E-state index contributed by atoms with van der Waals surface area (Å²) in [4.78, 5) is 0. The Morgan fingerprint density at radius 3 is 2.67 bits per heavy atom. The van der Waals surface area contributed by atoms with Gasteiger partial charge in [0.2, 0.25) is 0 Å². The summed E-state index contributed by atoms with van der Waals surface area (Å²) >= 11 is 5.80. The van der Waals surface area contributed by atoms with Gasteiger partial charge in [0.1, 0.15) is 0 Å². The Labute approximate surface area is 99.3 Å². The van der Waals surface area contributed by atoms with Gasteiger partial charge >= 0.3 is 0 Å². The summed E-state index contributed by atoms with van der Waals surface area (Å²) in [5.74, 6) is 0. The lowest BCUT2D eigenvalue weighted by atomic mass is 10.3. The summed E-state index contributed by atoms with van der Waals surface area (Å²) in [5, 5.41) is 4.80. The molecule has 2 N–H and O–H groups in total. The highest BCUT2D eigenvalue weighted by atomic mass is 35.5. The summed E-state index contributed by atoms with van der Waals surface area (Å²) in [6, 6.07) is 5.36. The second-order valence-corrected chi connectivity index (χ2v) is 3.60. The van der Waals surface area contributed by atoms with Crippen LogP contribution in [0.5, 0.6) is 0 Å². The first-order valence-corrected chi connectivity index (χ1v) is 4.61. The number of halogens is 2. The molecule has 2 aromatic rings. The topological polar surface area (TPSA) is 43.8 Å². The third-order valence-electron chi connectivity index (χ3n) is 1.95. The normalized spacial score (nSPS) is 9.73. The standard InChI is InChI=1S/C10H10ClN3.ClH/c1-7-5-13-14(6-7)10-3-2-8(11)4-9(10)12;/h2-6H,12H2,1H3;1H. The molecule has 0 aliphatic heterocycles. The Morgan fingerprint density at radius 1 is 1.40 bits per heavy atom. The molecule has 0 amide bonds. The second kappa shape index (κ2) is 4.55. The van der Waals surface area contributed by atoms with Crippen molar-refractivity contribution in [3.63, 3.8) is 0 Å². The smallest absolute Gasteiger partial charge is 0.0875 e. The fraction of sp³-hybridized carbons (Fsp3) is 0.100. The lowest BCUT2D eigenvalue weighted by molar-refractivity contribution is 0.883. The molecule has 3 nitrogen and oxygen atoms in total. The van der Waals surface area contributed by atoms with E-state index in [4.69, 9.17) is 17.3 Å². The molecule has 1 aromatic carbocycles. The average molecular weight is 244 g/mol. The van der Waals surface area contributed by atoms with Gasteiger partial charge in [-0.3, -0.25) is 0 Å². The zero-order valence-electron chi connectivity index (χ0n) is 8.14. The molecule has 0 unspecified atom stereocenters. The van der Waals surface area contributed by atoms with Crippen molar-refractivity contribution in [2.45, 2.75) is 6.92 Å². The van der Waals surface area contributed by atoms with Gasteiger partial charge in [-0.15, -0.1) is 12.4 Å². The molecule has 0 bridgehead atoms. The predicted octanol–water partition coefficient (Wildman–Crippen LogP) is 2.84. The number of nitrogens with zero attached hydrogens (tertiary/aromatic N) is 2. The summed E-state index contributed by atoms with van der Waals surface area (Å²) in [6.07, 6.45) is 3.70. The first kappa shape index (κ1) is 11.9. The fourth-order valence-electron chi connectivity index (χ4n) is 1.28. The van der Waals surface area contributed by atoms with Crippen molar-refractivity contribution >= 4 is 29.7 Å². The summed E-state index contributed by atoms with van der Waals surface area (Å²) in [6.45, 7) is 1.98. The van der Waals surface area contributed by atoms with Crippen LogP contribution in [0, 0.1) is 6.92 Å². The third kappa shape index (κ3) is 2.43. The molecule has 0 atom stereocenters. The van der Waals surface area contributed by atoms with Crippen LogP contribution in [0.2, 0.25) is 5.02 Å². The Morgan fingerprint density at radius 2 is 2.13 bits per heavy atom. The number of aryl methyl sites for hydroxylation is 1. The molecule has 0 aliphatic rings. The molecular weight excluding hydrogens is 233 g/mol. The van der Waals surface area contributed by atoms with E-state index >= 15 is 0 Å². The molecule has 0 radical (unpaired) electrons. The largest absolute Gasteiger partial charge is 0.397 e. The fourth-order valence-corrected chi connectivity index (χ4v) is 1.46. The van der Waals surface area contributed by atoms with Crippen molar-refractivity contribution < 1.29 is 0 Å². The van der Waals surface area contributed by atoms with Crippen molar-refractivity contribution in [3.05, 3.63) is 41.2 Å².